The van der Waals surface area contributed by atoms with E-state index in [2.05, 4.69) is 18.8 Å². The van der Waals surface area contributed by atoms with E-state index in [1.165, 1.54) is 50.1 Å². The molecule has 3 N–H and O–H groups in total. The zero-order valence-electron chi connectivity index (χ0n) is 12.9. The number of carbonyl (C=O) groups excluding carboxylic acids is 1. The van der Waals surface area contributed by atoms with Gasteiger partial charge in [-0.1, -0.05) is 6.08 Å². The first kappa shape index (κ1) is 15.5. The maximum Gasteiger partial charge on any atom is 0.278 e. The van der Waals surface area contributed by atoms with Crippen LogP contribution < -0.4 is 15.1 Å². The summed E-state index contributed by atoms with van der Waals surface area (Å²) in [5, 5.41) is 2.92. The first-order chi connectivity index (χ1) is 9.72. The Balaban J connectivity index is 1.75. The number of likely N-dealkylation sites (tertiary alicyclic amines) is 2. The Morgan fingerprint density at radius 3 is 2.50 bits per heavy atom. The molecule has 2 rings (SSSR count). The van der Waals surface area contributed by atoms with Crippen LogP contribution in [0, 0.1) is 0 Å². The molecule has 2 aliphatic rings. The number of hydrogen-bond donors (Lipinski definition) is 3. The molecule has 0 aromatic carbocycles. The summed E-state index contributed by atoms with van der Waals surface area (Å²) in [6.07, 6.45) is 8.54. The lowest BCUT2D eigenvalue weighted by Gasteiger charge is -2.37. The summed E-state index contributed by atoms with van der Waals surface area (Å²) in [5.41, 5.74) is 0. The van der Waals surface area contributed by atoms with Crippen molar-refractivity contribution in [3.05, 3.63) is 12.7 Å². The molecule has 1 amide bonds. The van der Waals surface area contributed by atoms with Crippen LogP contribution in [-0.2, 0) is 4.79 Å². The fraction of sp³-hybridized carbons (Fsp3) is 0.812. The summed E-state index contributed by atoms with van der Waals surface area (Å²) >= 11 is 0. The number of hydrogen-bond acceptors (Lipinski definition) is 1. The highest BCUT2D eigenvalue weighted by atomic mass is 16.2. The van der Waals surface area contributed by atoms with Gasteiger partial charge in [0.2, 0.25) is 0 Å². The minimum Gasteiger partial charge on any atom is -0.347 e. The first-order valence-electron chi connectivity index (χ1n) is 8.30. The van der Waals surface area contributed by atoms with Gasteiger partial charge in [0.05, 0.1) is 32.2 Å². The van der Waals surface area contributed by atoms with Gasteiger partial charge < -0.3 is 15.1 Å². The SMILES string of the molecule is C=CCNC(=O)[C@@H](C)[NH+]1CCC([NH+]2CCCCC2)CC1. The summed E-state index contributed by atoms with van der Waals surface area (Å²) in [7, 11) is 0. The van der Waals surface area contributed by atoms with Crippen LogP contribution in [0.3, 0.4) is 0 Å². The van der Waals surface area contributed by atoms with Gasteiger partial charge in [-0.2, -0.15) is 0 Å². The highest BCUT2D eigenvalue weighted by molar-refractivity contribution is 5.80. The smallest absolute Gasteiger partial charge is 0.278 e. The van der Waals surface area contributed by atoms with Gasteiger partial charge in [-0.05, 0) is 26.2 Å². The standard InChI is InChI=1S/C16H29N3O/c1-3-9-17-16(20)14(2)18-12-7-15(8-13-18)19-10-5-4-6-11-19/h3,14-15H,1,4-13H2,2H3,(H,17,20)/p+2/t14-/m1/s1. The second kappa shape index (κ2) is 7.79. The summed E-state index contributed by atoms with van der Waals surface area (Å²) < 4.78 is 0. The van der Waals surface area contributed by atoms with Crippen molar-refractivity contribution in [2.75, 3.05) is 32.7 Å². The maximum absolute atomic E-state index is 12.0. The van der Waals surface area contributed by atoms with Gasteiger partial charge in [-0.15, -0.1) is 6.58 Å². The predicted molar refractivity (Wildman–Crippen MR) is 80.9 cm³/mol. The van der Waals surface area contributed by atoms with Crippen LogP contribution in [0.2, 0.25) is 0 Å². The molecule has 4 heteroatoms. The summed E-state index contributed by atoms with van der Waals surface area (Å²) in [5.74, 6) is 0.170. The van der Waals surface area contributed by atoms with E-state index in [1.54, 1.807) is 6.08 Å². The minimum absolute atomic E-state index is 0.0762. The molecule has 1 atom stereocenters. The van der Waals surface area contributed by atoms with Crippen molar-refractivity contribution >= 4 is 5.91 Å². The molecule has 0 aliphatic carbocycles. The third-order valence-corrected chi connectivity index (χ3v) is 5.13. The Morgan fingerprint density at radius 2 is 1.90 bits per heavy atom. The van der Waals surface area contributed by atoms with Crippen LogP contribution in [-0.4, -0.2) is 50.7 Å². The Hall–Kier alpha value is -0.870. The lowest BCUT2D eigenvalue weighted by atomic mass is 9.99. The second-order valence-electron chi connectivity index (χ2n) is 6.41. The van der Waals surface area contributed by atoms with Crippen molar-refractivity contribution in [1.82, 2.24) is 5.32 Å². The molecule has 0 unspecified atom stereocenters. The monoisotopic (exact) mass is 281 g/mol. The van der Waals surface area contributed by atoms with Crippen LogP contribution in [0.1, 0.15) is 39.0 Å². The summed E-state index contributed by atoms with van der Waals surface area (Å²) in [6, 6.07) is 0.926. The van der Waals surface area contributed by atoms with Crippen molar-refractivity contribution in [2.45, 2.75) is 51.1 Å². The zero-order chi connectivity index (χ0) is 14.4. The fourth-order valence-electron chi connectivity index (χ4n) is 3.76. The lowest BCUT2D eigenvalue weighted by Crippen LogP contribution is -3.22. The van der Waals surface area contributed by atoms with Gasteiger partial charge in [0.25, 0.3) is 5.91 Å². The van der Waals surface area contributed by atoms with E-state index in [9.17, 15) is 4.79 Å². The van der Waals surface area contributed by atoms with Gasteiger partial charge in [-0.3, -0.25) is 4.79 Å². The molecule has 0 spiro atoms. The average Bonchev–Trinajstić information content (AvgIpc) is 2.53. The molecule has 0 saturated carbocycles. The molecule has 2 heterocycles. The van der Waals surface area contributed by atoms with Crippen molar-refractivity contribution < 1.29 is 14.6 Å². The van der Waals surface area contributed by atoms with E-state index in [0.29, 0.717) is 6.54 Å². The number of nitrogens with one attached hydrogen (secondary N) is 3. The highest BCUT2D eigenvalue weighted by Crippen LogP contribution is 2.01. The molecule has 2 saturated heterocycles. The minimum atomic E-state index is 0.0762. The molecule has 0 aromatic heterocycles. The number of quaternary nitrogens is 2. The van der Waals surface area contributed by atoms with E-state index in [1.807, 2.05) is 4.90 Å². The first-order valence-corrected chi connectivity index (χ1v) is 8.30. The van der Waals surface area contributed by atoms with E-state index in [4.69, 9.17) is 0 Å². The van der Waals surface area contributed by atoms with Crippen LogP contribution in [0.15, 0.2) is 12.7 Å². The summed E-state index contributed by atoms with van der Waals surface area (Å²) in [4.78, 5) is 15.3. The molecule has 2 aliphatic heterocycles. The van der Waals surface area contributed by atoms with E-state index in [0.717, 1.165) is 19.1 Å². The van der Waals surface area contributed by atoms with E-state index >= 15 is 0 Å². The largest absolute Gasteiger partial charge is 0.347 e. The van der Waals surface area contributed by atoms with Crippen molar-refractivity contribution in [2.24, 2.45) is 0 Å². The van der Waals surface area contributed by atoms with Gasteiger partial charge in [0.15, 0.2) is 6.04 Å². The number of rotatable bonds is 5. The summed E-state index contributed by atoms with van der Waals surface area (Å²) in [6.45, 7) is 11.3. The molecular formula is C16H31N3O+2. The van der Waals surface area contributed by atoms with Crippen molar-refractivity contribution in [1.29, 1.82) is 0 Å². The predicted octanol–water partition coefficient (Wildman–Crippen LogP) is -1.21. The molecule has 0 bridgehead atoms. The normalized spacial score (nSPS) is 29.6. The Kier molecular flexibility index (Phi) is 6.05. The van der Waals surface area contributed by atoms with E-state index in [-0.39, 0.29) is 11.9 Å². The Labute approximate surface area is 123 Å². The molecular weight excluding hydrogens is 250 g/mol. The molecule has 114 valence electrons. The number of piperidine rings is 2. The van der Waals surface area contributed by atoms with Crippen LogP contribution in [0.25, 0.3) is 0 Å². The lowest BCUT2D eigenvalue weighted by molar-refractivity contribution is -0.965. The number of carbonyl (C=O) groups is 1. The van der Waals surface area contributed by atoms with Gasteiger partial charge in [0.1, 0.15) is 0 Å². The Bertz CT molecular complexity index is 318. The number of amides is 1. The van der Waals surface area contributed by atoms with Crippen molar-refractivity contribution in [3.63, 3.8) is 0 Å². The topological polar surface area (TPSA) is 38.0 Å². The van der Waals surface area contributed by atoms with E-state index < -0.39 is 0 Å². The molecule has 20 heavy (non-hydrogen) atoms. The maximum atomic E-state index is 12.0. The highest BCUT2D eigenvalue weighted by Gasteiger charge is 2.34. The quantitative estimate of drug-likeness (QED) is 0.544. The van der Waals surface area contributed by atoms with Crippen molar-refractivity contribution in [3.8, 4) is 0 Å². The van der Waals surface area contributed by atoms with Crippen LogP contribution in [0.4, 0.5) is 0 Å². The van der Waals surface area contributed by atoms with Gasteiger partial charge >= 0.3 is 0 Å². The third kappa shape index (κ3) is 4.06. The van der Waals surface area contributed by atoms with Crippen LogP contribution in [0.5, 0.6) is 0 Å². The average molecular weight is 281 g/mol. The van der Waals surface area contributed by atoms with Crippen LogP contribution >= 0.6 is 0 Å². The molecule has 4 nitrogen and oxygen atoms in total. The molecule has 0 radical (unpaired) electrons. The zero-order valence-corrected chi connectivity index (χ0v) is 12.9. The molecule has 0 aromatic rings. The third-order valence-electron chi connectivity index (χ3n) is 5.13. The van der Waals surface area contributed by atoms with Gasteiger partial charge in [0, 0.05) is 19.4 Å². The molecule has 2 fully saturated rings. The Morgan fingerprint density at radius 1 is 1.25 bits per heavy atom. The second-order valence-corrected chi connectivity index (χ2v) is 6.41. The van der Waals surface area contributed by atoms with Gasteiger partial charge in [-0.25, -0.2) is 0 Å². The fourth-order valence-corrected chi connectivity index (χ4v) is 3.76.